The smallest absolute Gasteiger partial charge is 0.225 e. The van der Waals surface area contributed by atoms with Gasteiger partial charge in [-0.2, -0.15) is 0 Å². The van der Waals surface area contributed by atoms with Gasteiger partial charge in [0.2, 0.25) is 5.91 Å². The number of halogens is 3. The number of imidazole rings is 1. The van der Waals surface area contributed by atoms with E-state index in [1.54, 1.807) is 55.6 Å². The average molecular weight is 455 g/mol. The van der Waals surface area contributed by atoms with Gasteiger partial charge in [-0.25, -0.2) is 14.4 Å². The third-order valence-corrected chi connectivity index (χ3v) is 5.29. The molecule has 156 valence electrons. The van der Waals surface area contributed by atoms with Crippen molar-refractivity contribution >= 4 is 34.9 Å². The quantitative estimate of drug-likeness (QED) is 0.356. The van der Waals surface area contributed by atoms with Crippen molar-refractivity contribution in [3.63, 3.8) is 0 Å². The first-order chi connectivity index (χ1) is 15.0. The van der Waals surface area contributed by atoms with Gasteiger partial charge in [-0.15, -0.1) is 0 Å². The van der Waals surface area contributed by atoms with Crippen LogP contribution < -0.4 is 5.32 Å². The number of hydrogen-bond donors (Lipinski definition) is 2. The summed E-state index contributed by atoms with van der Waals surface area (Å²) in [6.45, 7) is 1.76. The summed E-state index contributed by atoms with van der Waals surface area (Å²) in [4.78, 5) is 24.0. The highest BCUT2D eigenvalue weighted by Gasteiger charge is 2.19. The number of pyridine rings is 1. The second kappa shape index (κ2) is 8.88. The van der Waals surface area contributed by atoms with E-state index in [0.717, 1.165) is 5.56 Å². The number of anilines is 1. The maximum atomic E-state index is 13.5. The topological polar surface area (TPSA) is 70.7 Å². The second-order valence-electron chi connectivity index (χ2n) is 6.74. The van der Waals surface area contributed by atoms with Crippen LogP contribution in [0.5, 0.6) is 0 Å². The molecule has 0 aliphatic carbocycles. The van der Waals surface area contributed by atoms with Crippen molar-refractivity contribution in [3.8, 4) is 33.9 Å². The predicted molar refractivity (Wildman–Crippen MR) is 122 cm³/mol. The molecule has 31 heavy (non-hydrogen) atoms. The Morgan fingerprint density at radius 1 is 1.06 bits per heavy atom. The Bertz CT molecular complexity index is 1230. The molecular weight excluding hydrogens is 438 g/mol. The first-order valence-electron chi connectivity index (χ1n) is 9.53. The molecule has 1 amide bonds. The second-order valence-corrected chi connectivity index (χ2v) is 7.56. The van der Waals surface area contributed by atoms with E-state index >= 15 is 0 Å². The summed E-state index contributed by atoms with van der Waals surface area (Å²) in [5.74, 6) is 0.400. The molecule has 0 spiro atoms. The highest BCUT2D eigenvalue weighted by Crippen LogP contribution is 2.38. The molecule has 0 saturated heterocycles. The summed E-state index contributed by atoms with van der Waals surface area (Å²) in [6.07, 6.45) is 1.93. The van der Waals surface area contributed by atoms with Crippen LogP contribution in [0.15, 0.2) is 60.8 Å². The van der Waals surface area contributed by atoms with Crippen molar-refractivity contribution in [1.82, 2.24) is 15.0 Å². The maximum absolute atomic E-state index is 13.5. The molecule has 4 rings (SSSR count). The number of carbonyl (C=O) groups is 1. The van der Waals surface area contributed by atoms with E-state index in [0.29, 0.717) is 50.6 Å². The molecule has 0 atom stereocenters. The van der Waals surface area contributed by atoms with Crippen LogP contribution in [0.1, 0.15) is 13.3 Å². The van der Waals surface area contributed by atoms with Crippen molar-refractivity contribution in [2.45, 2.75) is 13.3 Å². The van der Waals surface area contributed by atoms with Gasteiger partial charge in [0.25, 0.3) is 0 Å². The molecule has 0 saturated carbocycles. The van der Waals surface area contributed by atoms with Gasteiger partial charge in [0.05, 0.1) is 27.0 Å². The molecule has 0 aliphatic heterocycles. The average Bonchev–Trinajstić information content (AvgIpc) is 3.19. The lowest BCUT2D eigenvalue weighted by Gasteiger charge is -2.06. The van der Waals surface area contributed by atoms with Gasteiger partial charge in [0.15, 0.2) is 0 Å². The fraction of sp³-hybridized carbons (Fsp3) is 0.0870. The fourth-order valence-electron chi connectivity index (χ4n) is 3.13. The molecule has 5 nitrogen and oxygen atoms in total. The normalized spacial score (nSPS) is 10.8. The Kier molecular flexibility index (Phi) is 6.02. The van der Waals surface area contributed by atoms with Gasteiger partial charge in [-0.1, -0.05) is 36.2 Å². The Hall–Kier alpha value is -3.22. The molecule has 4 aromatic rings. The molecular formula is C23H17Cl2FN4O. The van der Waals surface area contributed by atoms with Crippen molar-refractivity contribution in [1.29, 1.82) is 0 Å². The van der Waals surface area contributed by atoms with E-state index in [2.05, 4.69) is 15.3 Å². The number of benzene rings is 2. The lowest BCUT2D eigenvalue weighted by atomic mass is 10.1. The first kappa shape index (κ1) is 21.0. The van der Waals surface area contributed by atoms with Crippen LogP contribution in [0.2, 0.25) is 10.0 Å². The van der Waals surface area contributed by atoms with E-state index in [-0.39, 0.29) is 11.7 Å². The molecule has 8 heteroatoms. The zero-order chi connectivity index (χ0) is 22.0. The summed E-state index contributed by atoms with van der Waals surface area (Å²) in [6, 6.07) is 14.8. The summed E-state index contributed by atoms with van der Waals surface area (Å²) >= 11 is 12.8. The van der Waals surface area contributed by atoms with Gasteiger partial charge < -0.3 is 10.3 Å². The summed E-state index contributed by atoms with van der Waals surface area (Å²) in [7, 11) is 0. The van der Waals surface area contributed by atoms with E-state index in [1.165, 1.54) is 12.1 Å². The number of amides is 1. The van der Waals surface area contributed by atoms with Gasteiger partial charge >= 0.3 is 0 Å². The number of aromatic amines is 1. The van der Waals surface area contributed by atoms with Crippen LogP contribution in [0.4, 0.5) is 10.2 Å². The maximum Gasteiger partial charge on any atom is 0.225 e. The SMILES string of the molecule is CCC(=O)Nc1cc(-c2nc(-c3c(Cl)cccc3Cl)[nH]c2-c2ccc(F)cc2)ccn1. The summed E-state index contributed by atoms with van der Waals surface area (Å²) in [5, 5.41) is 3.64. The minimum Gasteiger partial charge on any atom is -0.337 e. The van der Waals surface area contributed by atoms with Crippen LogP contribution in [0.3, 0.4) is 0 Å². The van der Waals surface area contributed by atoms with Crippen LogP contribution in [-0.2, 0) is 4.79 Å². The monoisotopic (exact) mass is 454 g/mol. The first-order valence-corrected chi connectivity index (χ1v) is 10.3. The van der Waals surface area contributed by atoms with Crippen LogP contribution in [0.25, 0.3) is 33.9 Å². The predicted octanol–water partition coefficient (Wildman–Crippen LogP) is 6.60. The highest BCUT2D eigenvalue weighted by molar-refractivity contribution is 6.39. The minimum atomic E-state index is -0.340. The Morgan fingerprint density at radius 2 is 1.77 bits per heavy atom. The number of nitrogens with one attached hydrogen (secondary N) is 2. The third kappa shape index (κ3) is 4.45. The number of carbonyl (C=O) groups excluding carboxylic acids is 1. The molecule has 2 N–H and O–H groups in total. The lowest BCUT2D eigenvalue weighted by molar-refractivity contribution is -0.115. The number of nitrogens with zero attached hydrogens (tertiary/aromatic N) is 2. The van der Waals surface area contributed by atoms with Gasteiger partial charge in [-0.3, -0.25) is 4.79 Å². The standard InChI is InChI=1S/C23H17Cl2FN4O/c1-2-19(31)28-18-12-14(10-11-27-18)22-21(13-6-8-15(26)9-7-13)29-23(30-22)20-16(24)4-3-5-17(20)25/h3-12H,2H2,1H3,(H,29,30)(H,27,28,31). The highest BCUT2D eigenvalue weighted by atomic mass is 35.5. The van der Waals surface area contributed by atoms with Crippen molar-refractivity contribution in [2.75, 3.05) is 5.32 Å². The van der Waals surface area contributed by atoms with Crippen LogP contribution in [0, 0.1) is 5.82 Å². The minimum absolute atomic E-state index is 0.144. The zero-order valence-electron chi connectivity index (χ0n) is 16.4. The van der Waals surface area contributed by atoms with E-state index < -0.39 is 0 Å². The van der Waals surface area contributed by atoms with E-state index in [1.807, 2.05) is 0 Å². The number of hydrogen-bond acceptors (Lipinski definition) is 3. The van der Waals surface area contributed by atoms with Crippen LogP contribution >= 0.6 is 23.2 Å². The number of aromatic nitrogens is 3. The molecule has 2 heterocycles. The van der Waals surface area contributed by atoms with Crippen molar-refractivity contribution in [2.24, 2.45) is 0 Å². The zero-order valence-corrected chi connectivity index (χ0v) is 17.9. The van der Waals surface area contributed by atoms with Gasteiger partial charge in [-0.05, 0) is 48.5 Å². The number of rotatable bonds is 5. The Labute approximate surface area is 188 Å². The molecule has 0 bridgehead atoms. The van der Waals surface area contributed by atoms with Crippen molar-refractivity contribution < 1.29 is 9.18 Å². The Balaban J connectivity index is 1.89. The molecule has 0 aliphatic rings. The number of H-pyrrole nitrogens is 1. The van der Waals surface area contributed by atoms with E-state index in [4.69, 9.17) is 28.2 Å². The third-order valence-electron chi connectivity index (χ3n) is 4.66. The summed E-state index contributed by atoms with van der Waals surface area (Å²) in [5.41, 5.74) is 3.26. The molecule has 2 aromatic carbocycles. The largest absolute Gasteiger partial charge is 0.337 e. The van der Waals surface area contributed by atoms with E-state index in [9.17, 15) is 9.18 Å². The molecule has 2 aromatic heterocycles. The van der Waals surface area contributed by atoms with Crippen LogP contribution in [-0.4, -0.2) is 20.9 Å². The fourth-order valence-corrected chi connectivity index (χ4v) is 3.70. The lowest BCUT2D eigenvalue weighted by Crippen LogP contribution is -2.10. The molecule has 0 radical (unpaired) electrons. The Morgan fingerprint density at radius 3 is 2.45 bits per heavy atom. The summed E-state index contributed by atoms with van der Waals surface area (Å²) < 4.78 is 13.5. The molecule has 0 unspecified atom stereocenters. The van der Waals surface area contributed by atoms with Gasteiger partial charge in [0.1, 0.15) is 17.5 Å². The van der Waals surface area contributed by atoms with Gasteiger partial charge in [0, 0.05) is 23.7 Å². The molecule has 0 fully saturated rings. The van der Waals surface area contributed by atoms with Crippen molar-refractivity contribution in [3.05, 3.63) is 76.7 Å².